The number of benzene rings is 1. The van der Waals surface area contributed by atoms with Crippen molar-refractivity contribution in [1.29, 1.82) is 0 Å². The fourth-order valence-corrected chi connectivity index (χ4v) is 2.44. The number of amides is 1. The highest BCUT2D eigenvalue weighted by molar-refractivity contribution is 5.98. The molecular weight excluding hydrogens is 264 g/mol. The first-order valence-electron chi connectivity index (χ1n) is 6.17. The maximum atomic E-state index is 12.3. The Morgan fingerprint density at radius 3 is 2.55 bits per heavy atom. The van der Waals surface area contributed by atoms with Crippen molar-refractivity contribution in [2.45, 2.75) is 6.92 Å². The summed E-state index contributed by atoms with van der Waals surface area (Å²) in [6.45, 7) is 2.13. The molecule has 1 aromatic rings. The smallest absolute Gasteiger partial charge is 0.308 e. The van der Waals surface area contributed by atoms with Gasteiger partial charge in [0.1, 0.15) is 5.56 Å². The number of carbonyl (C=O) groups is 2. The van der Waals surface area contributed by atoms with E-state index in [1.54, 1.807) is 13.0 Å². The zero-order valence-electron chi connectivity index (χ0n) is 10.9. The number of para-hydroxylation sites is 1. The molecule has 0 saturated carbocycles. The van der Waals surface area contributed by atoms with Gasteiger partial charge in [-0.3, -0.25) is 19.7 Å². The Morgan fingerprint density at radius 2 is 2.00 bits per heavy atom. The van der Waals surface area contributed by atoms with Gasteiger partial charge in [-0.25, -0.2) is 0 Å². The summed E-state index contributed by atoms with van der Waals surface area (Å²) in [5.74, 6) is -2.23. The van der Waals surface area contributed by atoms with Crippen LogP contribution < -0.4 is 0 Å². The van der Waals surface area contributed by atoms with E-state index in [-0.39, 0.29) is 23.7 Å². The largest absolute Gasteiger partial charge is 0.481 e. The van der Waals surface area contributed by atoms with Crippen LogP contribution in [-0.4, -0.2) is 39.9 Å². The molecule has 0 unspecified atom stereocenters. The first kappa shape index (κ1) is 14.0. The minimum atomic E-state index is -0.949. The van der Waals surface area contributed by atoms with Crippen molar-refractivity contribution in [2.24, 2.45) is 11.8 Å². The number of likely N-dealkylation sites (tertiary alicyclic amines) is 1. The van der Waals surface area contributed by atoms with Crippen molar-refractivity contribution in [3.05, 3.63) is 39.9 Å². The summed E-state index contributed by atoms with van der Waals surface area (Å²) in [6, 6.07) is 5.69. The summed E-state index contributed by atoms with van der Waals surface area (Å²) in [6.07, 6.45) is 0. The molecular formula is C13H14N2O5. The average Bonchev–Trinajstić information content (AvgIpc) is 2.80. The van der Waals surface area contributed by atoms with Crippen LogP contribution in [0, 0.1) is 22.0 Å². The maximum Gasteiger partial charge on any atom is 0.308 e. The molecule has 0 aliphatic carbocycles. The molecule has 1 aliphatic rings. The molecule has 0 radical (unpaired) electrons. The second-order valence-electron chi connectivity index (χ2n) is 4.91. The van der Waals surface area contributed by atoms with Crippen molar-refractivity contribution in [3.63, 3.8) is 0 Å². The first-order valence-corrected chi connectivity index (χ1v) is 6.17. The molecule has 2 atom stereocenters. The highest BCUT2D eigenvalue weighted by atomic mass is 16.6. The molecule has 1 aliphatic heterocycles. The predicted octanol–water partition coefficient (Wildman–Crippen LogP) is 1.39. The lowest BCUT2D eigenvalue weighted by Crippen LogP contribution is -2.30. The average molecular weight is 278 g/mol. The summed E-state index contributed by atoms with van der Waals surface area (Å²) < 4.78 is 0. The van der Waals surface area contributed by atoms with Crippen LogP contribution in [0.4, 0.5) is 5.69 Å². The fourth-order valence-electron chi connectivity index (χ4n) is 2.44. The van der Waals surface area contributed by atoms with E-state index in [2.05, 4.69) is 0 Å². The van der Waals surface area contributed by atoms with Crippen LogP contribution in [0.3, 0.4) is 0 Å². The van der Waals surface area contributed by atoms with Gasteiger partial charge in [-0.05, 0) is 12.0 Å². The van der Waals surface area contributed by atoms with Crippen molar-refractivity contribution in [2.75, 3.05) is 13.1 Å². The Kier molecular flexibility index (Phi) is 3.69. The molecule has 7 heteroatoms. The van der Waals surface area contributed by atoms with E-state index in [1.165, 1.54) is 23.1 Å². The SMILES string of the molecule is C[C@@H]1CN(C(=O)c2ccccc2[N+](=O)[O-])C[C@H]1C(=O)O. The lowest BCUT2D eigenvalue weighted by Gasteiger charge is -2.15. The van der Waals surface area contributed by atoms with Gasteiger partial charge in [-0.15, -0.1) is 0 Å². The van der Waals surface area contributed by atoms with E-state index in [9.17, 15) is 19.7 Å². The van der Waals surface area contributed by atoms with E-state index in [0.29, 0.717) is 6.54 Å². The Balaban J connectivity index is 2.26. The molecule has 1 heterocycles. The van der Waals surface area contributed by atoms with Gasteiger partial charge in [0, 0.05) is 19.2 Å². The van der Waals surface area contributed by atoms with Gasteiger partial charge in [0.25, 0.3) is 11.6 Å². The van der Waals surface area contributed by atoms with Crippen molar-refractivity contribution in [1.82, 2.24) is 4.90 Å². The van der Waals surface area contributed by atoms with Gasteiger partial charge < -0.3 is 10.0 Å². The number of nitrogens with zero attached hydrogens (tertiary/aromatic N) is 2. The summed E-state index contributed by atoms with van der Waals surface area (Å²) in [7, 11) is 0. The third-order valence-corrected chi connectivity index (χ3v) is 3.55. The second-order valence-corrected chi connectivity index (χ2v) is 4.91. The van der Waals surface area contributed by atoms with Crippen LogP contribution in [0.2, 0.25) is 0 Å². The molecule has 7 nitrogen and oxygen atoms in total. The Bertz CT molecular complexity index is 572. The fraction of sp³-hybridized carbons (Fsp3) is 0.385. The molecule has 0 spiro atoms. The summed E-state index contributed by atoms with van der Waals surface area (Å²) in [5, 5.41) is 20.0. The minimum absolute atomic E-state index is 0.00395. The number of rotatable bonds is 3. The zero-order chi connectivity index (χ0) is 14.9. The standard InChI is InChI=1S/C13H14N2O5/c1-8-6-14(7-10(8)13(17)18)12(16)9-4-2-3-5-11(9)15(19)20/h2-5,8,10H,6-7H2,1H3,(H,17,18)/t8-,10-/m1/s1. The highest BCUT2D eigenvalue weighted by Crippen LogP contribution is 2.27. The highest BCUT2D eigenvalue weighted by Gasteiger charge is 2.38. The number of nitro groups is 1. The Labute approximate surface area is 115 Å². The molecule has 106 valence electrons. The van der Waals surface area contributed by atoms with Crippen molar-refractivity contribution >= 4 is 17.6 Å². The normalized spacial score (nSPS) is 21.8. The van der Waals surface area contributed by atoms with Crippen LogP contribution in [-0.2, 0) is 4.79 Å². The molecule has 1 saturated heterocycles. The van der Waals surface area contributed by atoms with E-state index < -0.39 is 22.7 Å². The lowest BCUT2D eigenvalue weighted by molar-refractivity contribution is -0.385. The molecule has 1 aromatic carbocycles. The Morgan fingerprint density at radius 1 is 1.35 bits per heavy atom. The molecule has 1 N–H and O–H groups in total. The second kappa shape index (κ2) is 5.28. The number of carboxylic acids is 1. The quantitative estimate of drug-likeness (QED) is 0.665. The van der Waals surface area contributed by atoms with Gasteiger partial charge in [0.05, 0.1) is 10.8 Å². The minimum Gasteiger partial charge on any atom is -0.481 e. The first-order chi connectivity index (χ1) is 9.41. The lowest BCUT2D eigenvalue weighted by atomic mass is 9.99. The number of carbonyl (C=O) groups excluding carboxylic acids is 1. The van der Waals surface area contributed by atoms with Crippen LogP contribution in [0.5, 0.6) is 0 Å². The molecule has 1 amide bonds. The summed E-state index contributed by atoms with van der Waals surface area (Å²) >= 11 is 0. The topological polar surface area (TPSA) is 101 Å². The molecule has 2 rings (SSSR count). The van der Waals surface area contributed by atoms with E-state index >= 15 is 0 Å². The van der Waals surface area contributed by atoms with Gasteiger partial charge >= 0.3 is 5.97 Å². The van der Waals surface area contributed by atoms with Gasteiger partial charge in [0.15, 0.2) is 0 Å². The van der Waals surface area contributed by atoms with E-state index in [4.69, 9.17) is 5.11 Å². The third-order valence-electron chi connectivity index (χ3n) is 3.55. The third kappa shape index (κ3) is 2.47. The molecule has 1 fully saturated rings. The van der Waals surface area contributed by atoms with Gasteiger partial charge in [-0.1, -0.05) is 19.1 Å². The maximum absolute atomic E-state index is 12.3. The predicted molar refractivity (Wildman–Crippen MR) is 69.3 cm³/mol. The van der Waals surface area contributed by atoms with Crippen molar-refractivity contribution < 1.29 is 19.6 Å². The van der Waals surface area contributed by atoms with Crippen LogP contribution in [0.1, 0.15) is 17.3 Å². The summed E-state index contributed by atoms with van der Waals surface area (Å²) in [5.41, 5.74) is -0.264. The van der Waals surface area contributed by atoms with Crippen LogP contribution in [0.25, 0.3) is 0 Å². The van der Waals surface area contributed by atoms with E-state index in [0.717, 1.165) is 0 Å². The Hall–Kier alpha value is -2.44. The monoisotopic (exact) mass is 278 g/mol. The molecule has 0 bridgehead atoms. The number of hydrogen-bond acceptors (Lipinski definition) is 4. The van der Waals surface area contributed by atoms with E-state index in [1.807, 2.05) is 0 Å². The number of nitro benzene ring substituents is 1. The summed E-state index contributed by atoms with van der Waals surface area (Å²) in [4.78, 5) is 35.0. The zero-order valence-corrected chi connectivity index (χ0v) is 10.9. The molecule has 0 aromatic heterocycles. The molecule has 20 heavy (non-hydrogen) atoms. The number of aliphatic carboxylic acids is 1. The van der Waals surface area contributed by atoms with Gasteiger partial charge in [-0.2, -0.15) is 0 Å². The van der Waals surface area contributed by atoms with Crippen LogP contribution >= 0.6 is 0 Å². The van der Waals surface area contributed by atoms with Crippen LogP contribution in [0.15, 0.2) is 24.3 Å². The van der Waals surface area contributed by atoms with Gasteiger partial charge in [0.2, 0.25) is 0 Å². The number of carboxylic acid groups (broad SMARTS) is 1. The van der Waals surface area contributed by atoms with Crippen molar-refractivity contribution in [3.8, 4) is 0 Å². The number of hydrogen-bond donors (Lipinski definition) is 1.